The Kier molecular flexibility index (Phi) is 5.78. The lowest BCUT2D eigenvalue weighted by atomic mass is 10.2. The average molecular weight is 332 g/mol. The molecule has 21 heavy (non-hydrogen) atoms. The average Bonchev–Trinajstić information content (AvgIpc) is 2.39. The van der Waals surface area contributed by atoms with E-state index in [0.717, 1.165) is 18.8 Å². The Balaban J connectivity index is 1.93. The highest BCUT2D eigenvalue weighted by Crippen LogP contribution is 2.26. The van der Waals surface area contributed by atoms with Gasteiger partial charge in [0.05, 0.1) is 12.2 Å². The Morgan fingerprint density at radius 3 is 2.38 bits per heavy atom. The van der Waals surface area contributed by atoms with Crippen LogP contribution in [-0.4, -0.2) is 41.1 Å². The zero-order chi connectivity index (χ0) is 15.4. The predicted molar refractivity (Wildman–Crippen MR) is 86.1 cm³/mol. The molecule has 0 amide bonds. The number of thioether (sulfide) groups is 1. The number of hydrogen-bond acceptors (Lipinski definition) is 3. The van der Waals surface area contributed by atoms with Crippen molar-refractivity contribution < 1.29 is 13.5 Å². The van der Waals surface area contributed by atoms with Crippen molar-refractivity contribution in [1.82, 2.24) is 4.90 Å². The van der Waals surface area contributed by atoms with Gasteiger partial charge in [0.2, 0.25) is 0 Å². The minimum atomic E-state index is -2.40. The molecule has 1 fully saturated rings. The van der Waals surface area contributed by atoms with Gasteiger partial charge in [-0.3, -0.25) is 0 Å². The smallest absolute Gasteiger partial charge is 0.288 e. The summed E-state index contributed by atoms with van der Waals surface area (Å²) in [5.74, 6) is -2.40. The molecule has 0 radical (unpaired) electrons. The number of anilines is 1. The highest BCUT2D eigenvalue weighted by atomic mass is 32.2. The third-order valence-electron chi connectivity index (χ3n) is 3.04. The first-order valence-corrected chi connectivity index (χ1v) is 7.99. The van der Waals surface area contributed by atoms with Gasteiger partial charge < -0.3 is 15.0 Å². The van der Waals surface area contributed by atoms with Crippen molar-refractivity contribution in [2.75, 3.05) is 18.4 Å². The Bertz CT molecular complexity index is 474. The Labute approximate surface area is 133 Å². The molecule has 0 bridgehead atoms. The van der Waals surface area contributed by atoms with E-state index in [2.05, 4.69) is 10.2 Å². The molecule has 1 aromatic rings. The van der Waals surface area contributed by atoms with Crippen molar-refractivity contribution >= 4 is 34.8 Å². The van der Waals surface area contributed by atoms with E-state index in [9.17, 15) is 8.78 Å². The molecule has 116 valence electrons. The molecule has 2 atom stereocenters. The van der Waals surface area contributed by atoms with Crippen molar-refractivity contribution in [1.29, 1.82) is 0 Å². The summed E-state index contributed by atoms with van der Waals surface area (Å²) in [6.45, 7) is 5.52. The summed E-state index contributed by atoms with van der Waals surface area (Å²) in [7, 11) is 0. The van der Waals surface area contributed by atoms with Gasteiger partial charge in [-0.05, 0) is 50.3 Å². The molecule has 1 N–H and O–H groups in total. The van der Waals surface area contributed by atoms with E-state index >= 15 is 0 Å². The van der Waals surface area contributed by atoms with Crippen LogP contribution in [0.25, 0.3) is 0 Å². The molecule has 7 heteroatoms. The van der Waals surface area contributed by atoms with Gasteiger partial charge in [-0.25, -0.2) is 0 Å². The third-order valence-corrected chi connectivity index (χ3v) is 4.12. The normalized spacial score (nSPS) is 22.4. The van der Waals surface area contributed by atoms with Crippen LogP contribution in [0.2, 0.25) is 0 Å². The predicted octanol–water partition coefficient (Wildman–Crippen LogP) is 3.81. The van der Waals surface area contributed by atoms with Crippen LogP contribution in [0.3, 0.4) is 0 Å². The number of hydrogen-bond donors (Lipinski definition) is 1. The number of ether oxygens (including phenoxy) is 1. The second-order valence-electron chi connectivity index (χ2n) is 5.00. The zero-order valence-corrected chi connectivity index (χ0v) is 13.5. The van der Waals surface area contributed by atoms with Gasteiger partial charge in [-0.15, -0.1) is 0 Å². The third kappa shape index (κ3) is 5.09. The molecule has 2 rings (SSSR count). The summed E-state index contributed by atoms with van der Waals surface area (Å²) in [6, 6.07) is 6.83. The van der Waals surface area contributed by atoms with Gasteiger partial charge in [0, 0.05) is 23.7 Å². The Morgan fingerprint density at radius 1 is 1.29 bits per heavy atom. The molecule has 0 saturated carbocycles. The standard InChI is InChI=1S/C14H18F2N2OS2/c1-9-7-18(8-10(2)19-9)14(20)17-11-3-5-12(6-4-11)21-13(15)16/h3-6,9-10,13H,7-8H2,1-2H3,(H,17,20)/t9-,10-/m0/s1. The van der Waals surface area contributed by atoms with Gasteiger partial charge in [-0.1, -0.05) is 11.8 Å². The largest absolute Gasteiger partial charge is 0.372 e. The summed E-state index contributed by atoms with van der Waals surface area (Å²) in [5, 5.41) is 3.77. The SMILES string of the molecule is C[C@H]1CN(C(=S)Nc2ccc(SC(F)F)cc2)C[C@H](C)O1. The van der Waals surface area contributed by atoms with Crippen molar-refractivity contribution in [3.8, 4) is 0 Å². The summed E-state index contributed by atoms with van der Waals surface area (Å²) >= 11 is 5.93. The van der Waals surface area contributed by atoms with E-state index in [4.69, 9.17) is 17.0 Å². The maximum Gasteiger partial charge on any atom is 0.288 e. The van der Waals surface area contributed by atoms with Gasteiger partial charge >= 0.3 is 0 Å². The number of halogens is 2. The summed E-state index contributed by atoms with van der Waals surface area (Å²) in [4.78, 5) is 2.60. The molecular formula is C14H18F2N2OS2. The number of rotatable bonds is 3. The molecule has 1 aromatic carbocycles. The van der Waals surface area contributed by atoms with Crippen LogP contribution < -0.4 is 5.32 Å². The second-order valence-corrected chi connectivity index (χ2v) is 6.45. The first kappa shape index (κ1) is 16.5. The maximum atomic E-state index is 12.3. The van der Waals surface area contributed by atoms with Crippen LogP contribution in [0.1, 0.15) is 13.8 Å². The zero-order valence-electron chi connectivity index (χ0n) is 11.9. The van der Waals surface area contributed by atoms with Crippen molar-refractivity contribution in [3.63, 3.8) is 0 Å². The lowest BCUT2D eigenvalue weighted by molar-refractivity contribution is -0.0473. The van der Waals surface area contributed by atoms with Crippen molar-refractivity contribution in [3.05, 3.63) is 24.3 Å². The minimum Gasteiger partial charge on any atom is -0.372 e. The highest BCUT2D eigenvalue weighted by Gasteiger charge is 2.23. The van der Waals surface area contributed by atoms with E-state index < -0.39 is 5.76 Å². The van der Waals surface area contributed by atoms with Crippen molar-refractivity contribution in [2.24, 2.45) is 0 Å². The summed E-state index contributed by atoms with van der Waals surface area (Å²) in [6.07, 6.45) is 0.275. The van der Waals surface area contributed by atoms with Gasteiger partial charge in [-0.2, -0.15) is 8.78 Å². The second kappa shape index (κ2) is 7.38. The van der Waals surface area contributed by atoms with Crippen molar-refractivity contribution in [2.45, 2.75) is 36.7 Å². The minimum absolute atomic E-state index is 0.137. The quantitative estimate of drug-likeness (QED) is 0.670. The van der Waals surface area contributed by atoms with Crippen LogP contribution >= 0.6 is 24.0 Å². The molecule has 0 aliphatic carbocycles. The first-order chi connectivity index (χ1) is 9.94. The lowest BCUT2D eigenvalue weighted by Crippen LogP contribution is -2.49. The molecule has 0 unspecified atom stereocenters. The monoisotopic (exact) mass is 332 g/mol. The number of alkyl halides is 2. The van der Waals surface area contributed by atoms with E-state index in [1.165, 1.54) is 0 Å². The lowest BCUT2D eigenvalue weighted by Gasteiger charge is -2.36. The van der Waals surface area contributed by atoms with Crippen LogP contribution in [0, 0.1) is 0 Å². The van der Waals surface area contributed by atoms with Crippen LogP contribution in [0.5, 0.6) is 0 Å². The fourth-order valence-electron chi connectivity index (χ4n) is 2.27. The number of benzene rings is 1. The maximum absolute atomic E-state index is 12.3. The highest BCUT2D eigenvalue weighted by molar-refractivity contribution is 7.99. The Hall–Kier alpha value is -0.920. The van der Waals surface area contributed by atoms with Gasteiger partial charge in [0.15, 0.2) is 5.11 Å². The number of thiocarbonyl (C=S) groups is 1. The fourth-order valence-corrected chi connectivity index (χ4v) is 3.03. The van der Waals surface area contributed by atoms with E-state index in [-0.39, 0.29) is 12.2 Å². The van der Waals surface area contributed by atoms with Gasteiger partial charge in [0.1, 0.15) is 0 Å². The van der Waals surface area contributed by atoms with Crippen LogP contribution in [-0.2, 0) is 4.74 Å². The van der Waals surface area contributed by atoms with Crippen LogP contribution in [0.15, 0.2) is 29.2 Å². The molecule has 3 nitrogen and oxygen atoms in total. The molecule has 0 aromatic heterocycles. The molecule has 1 aliphatic rings. The number of nitrogens with zero attached hydrogens (tertiary/aromatic N) is 1. The number of morpholine rings is 1. The van der Waals surface area contributed by atoms with Gasteiger partial charge in [0.25, 0.3) is 5.76 Å². The first-order valence-electron chi connectivity index (χ1n) is 6.70. The molecule has 0 spiro atoms. The summed E-state index contributed by atoms with van der Waals surface area (Å²) in [5.41, 5.74) is 0.797. The summed E-state index contributed by atoms with van der Waals surface area (Å²) < 4.78 is 30.2. The molecular weight excluding hydrogens is 314 g/mol. The molecule has 1 heterocycles. The molecule has 1 aliphatic heterocycles. The number of nitrogens with one attached hydrogen (secondary N) is 1. The molecule has 1 saturated heterocycles. The fraction of sp³-hybridized carbons (Fsp3) is 0.500. The Morgan fingerprint density at radius 2 is 1.86 bits per heavy atom. The van der Waals surface area contributed by atoms with E-state index in [1.807, 2.05) is 13.8 Å². The van der Waals surface area contributed by atoms with Crippen LogP contribution in [0.4, 0.5) is 14.5 Å². The van der Waals surface area contributed by atoms with E-state index in [0.29, 0.717) is 21.8 Å². The topological polar surface area (TPSA) is 24.5 Å². The van der Waals surface area contributed by atoms with E-state index in [1.54, 1.807) is 24.3 Å².